The molecule has 186 valence electrons. The summed E-state index contributed by atoms with van der Waals surface area (Å²) in [4.78, 5) is 44.8. The minimum atomic E-state index is -1.86. The number of aromatic nitrogens is 1. The van der Waals surface area contributed by atoms with Crippen LogP contribution in [-0.4, -0.2) is 38.5 Å². The van der Waals surface area contributed by atoms with Gasteiger partial charge in [-0.05, 0) is 42.0 Å². The molecule has 6 rings (SSSR count). The number of para-hydroxylation sites is 2. The Morgan fingerprint density at radius 1 is 0.973 bits per heavy atom. The number of nitrogens with zero attached hydrogens (tertiary/aromatic N) is 1. The van der Waals surface area contributed by atoms with Crippen LogP contribution in [0.4, 0.5) is 10.1 Å². The number of hydrogen-bond acceptors (Lipinski definition) is 5. The Balaban J connectivity index is 1.52. The van der Waals surface area contributed by atoms with Gasteiger partial charge in [0.15, 0.2) is 0 Å². The first-order valence-corrected chi connectivity index (χ1v) is 11.8. The molecule has 4 atom stereocenters. The largest absolute Gasteiger partial charge is 0.508 e. The highest BCUT2D eigenvalue weighted by Crippen LogP contribution is 2.52. The highest BCUT2D eigenvalue weighted by molar-refractivity contribution is 6.24. The molecule has 0 unspecified atom stereocenters. The lowest BCUT2D eigenvalue weighted by molar-refractivity contribution is -0.148. The van der Waals surface area contributed by atoms with Crippen LogP contribution >= 0.6 is 0 Å². The molecule has 8 nitrogen and oxygen atoms in total. The number of carboxylic acid groups (broad SMARTS) is 1. The van der Waals surface area contributed by atoms with E-state index in [1.165, 1.54) is 18.2 Å². The van der Waals surface area contributed by atoms with Crippen LogP contribution in [0, 0.1) is 17.7 Å². The number of anilines is 1. The molecule has 3 aromatic carbocycles. The van der Waals surface area contributed by atoms with Gasteiger partial charge >= 0.3 is 5.97 Å². The lowest BCUT2D eigenvalue weighted by Gasteiger charge is -2.31. The zero-order chi connectivity index (χ0) is 25.9. The Bertz CT molecular complexity index is 1570. The first kappa shape index (κ1) is 22.9. The number of aromatic hydroxyl groups is 1. The number of halogens is 1. The number of amides is 2. The van der Waals surface area contributed by atoms with Crippen molar-refractivity contribution in [3.8, 4) is 5.75 Å². The van der Waals surface area contributed by atoms with Crippen molar-refractivity contribution in [3.05, 3.63) is 95.9 Å². The maximum Gasteiger partial charge on any atom is 0.325 e. The van der Waals surface area contributed by atoms with E-state index in [9.17, 15) is 29.0 Å². The van der Waals surface area contributed by atoms with Crippen molar-refractivity contribution in [2.75, 3.05) is 4.90 Å². The summed E-state index contributed by atoms with van der Waals surface area (Å²) in [5.41, 5.74) is 0.105. The number of carbonyl (C=O) groups is 3. The summed E-state index contributed by atoms with van der Waals surface area (Å²) in [7, 11) is 0. The average Bonchev–Trinajstić information content (AvgIpc) is 3.53. The lowest BCUT2D eigenvalue weighted by atomic mass is 9.76. The number of aromatic amines is 1. The number of hydrogen-bond donors (Lipinski definition) is 4. The van der Waals surface area contributed by atoms with Gasteiger partial charge in [0.05, 0.1) is 17.5 Å². The number of fused-ring (bicyclic) bond motifs is 2. The van der Waals surface area contributed by atoms with Crippen molar-refractivity contribution < 1.29 is 29.0 Å². The fourth-order valence-electron chi connectivity index (χ4n) is 5.88. The van der Waals surface area contributed by atoms with E-state index < -0.39 is 47.0 Å². The molecule has 2 amide bonds. The molecule has 0 saturated carbocycles. The molecule has 2 aliphatic heterocycles. The second-order valence-corrected chi connectivity index (χ2v) is 9.49. The van der Waals surface area contributed by atoms with E-state index in [0.29, 0.717) is 11.1 Å². The Labute approximate surface area is 210 Å². The van der Waals surface area contributed by atoms with Gasteiger partial charge in [0, 0.05) is 35.1 Å². The van der Waals surface area contributed by atoms with Gasteiger partial charge in [-0.1, -0.05) is 36.4 Å². The highest BCUT2D eigenvalue weighted by atomic mass is 19.1. The normalized spacial score (nSPS) is 25.1. The Morgan fingerprint density at radius 2 is 1.68 bits per heavy atom. The van der Waals surface area contributed by atoms with Crippen LogP contribution < -0.4 is 10.2 Å². The Hall–Kier alpha value is -4.50. The molecule has 2 fully saturated rings. The molecule has 0 spiro atoms. The van der Waals surface area contributed by atoms with Gasteiger partial charge in [0.25, 0.3) is 0 Å². The van der Waals surface area contributed by atoms with Gasteiger partial charge in [0.1, 0.15) is 17.1 Å². The van der Waals surface area contributed by atoms with Crippen molar-refractivity contribution in [1.29, 1.82) is 0 Å². The van der Waals surface area contributed by atoms with E-state index in [0.717, 1.165) is 27.9 Å². The second kappa shape index (κ2) is 8.28. The van der Waals surface area contributed by atoms with Crippen LogP contribution in [0.3, 0.4) is 0 Å². The van der Waals surface area contributed by atoms with Gasteiger partial charge in [-0.3, -0.25) is 19.7 Å². The van der Waals surface area contributed by atoms with Gasteiger partial charge in [-0.2, -0.15) is 0 Å². The number of imide groups is 1. The molecular formula is C28H22FN3O5. The Kier molecular flexibility index (Phi) is 5.13. The molecule has 1 aromatic heterocycles. The van der Waals surface area contributed by atoms with Gasteiger partial charge in [-0.15, -0.1) is 0 Å². The monoisotopic (exact) mass is 499 g/mol. The fourth-order valence-corrected chi connectivity index (χ4v) is 5.88. The number of nitrogens with one attached hydrogen (secondary N) is 2. The van der Waals surface area contributed by atoms with Gasteiger partial charge in [-0.25, -0.2) is 9.29 Å². The van der Waals surface area contributed by atoms with Gasteiger partial charge in [0.2, 0.25) is 11.8 Å². The summed E-state index contributed by atoms with van der Waals surface area (Å²) in [6, 6.07) is 17.7. The number of H-pyrrole nitrogens is 1. The van der Waals surface area contributed by atoms with Gasteiger partial charge < -0.3 is 15.2 Å². The first-order valence-electron chi connectivity index (χ1n) is 11.8. The molecule has 37 heavy (non-hydrogen) atoms. The summed E-state index contributed by atoms with van der Waals surface area (Å²) in [6.45, 7) is 0. The number of carboxylic acids is 1. The number of rotatable bonds is 5. The van der Waals surface area contributed by atoms with Crippen LogP contribution in [0.25, 0.3) is 10.9 Å². The SMILES string of the molecule is O=C1[C@@H]2[C@@H](c3ccccc3O)N[C@](Cc3c[nH]c4ccccc34)(C(=O)O)[C@H]2C(=O)N1c1ccc(F)cc1. The first-order chi connectivity index (χ1) is 17.8. The third-order valence-corrected chi connectivity index (χ3v) is 7.54. The Morgan fingerprint density at radius 3 is 2.41 bits per heavy atom. The lowest BCUT2D eigenvalue weighted by Crippen LogP contribution is -2.57. The van der Waals surface area contributed by atoms with Crippen LogP contribution in [-0.2, 0) is 20.8 Å². The zero-order valence-electron chi connectivity index (χ0n) is 19.4. The summed E-state index contributed by atoms with van der Waals surface area (Å²) in [5, 5.41) is 25.2. The maximum absolute atomic E-state index is 13.9. The van der Waals surface area contributed by atoms with E-state index in [1.54, 1.807) is 24.4 Å². The van der Waals surface area contributed by atoms with Crippen molar-refractivity contribution in [3.63, 3.8) is 0 Å². The number of carbonyl (C=O) groups excluding carboxylic acids is 2. The predicted octanol–water partition coefficient (Wildman–Crippen LogP) is 3.53. The summed E-state index contributed by atoms with van der Waals surface area (Å²) >= 11 is 0. The van der Waals surface area contributed by atoms with Crippen LogP contribution in [0.1, 0.15) is 17.2 Å². The molecule has 2 aliphatic rings. The van der Waals surface area contributed by atoms with E-state index >= 15 is 0 Å². The molecule has 0 bridgehead atoms. The number of phenolic OH excluding ortho intramolecular Hbond substituents is 1. The van der Waals surface area contributed by atoms with Crippen molar-refractivity contribution >= 4 is 34.4 Å². The summed E-state index contributed by atoms with van der Waals surface area (Å²) in [5.74, 6) is -5.61. The molecule has 0 radical (unpaired) electrons. The molecule has 2 saturated heterocycles. The minimum absolute atomic E-state index is 0.0894. The number of benzene rings is 3. The molecule has 9 heteroatoms. The maximum atomic E-state index is 13.9. The average molecular weight is 499 g/mol. The summed E-state index contributed by atoms with van der Waals surface area (Å²) in [6.07, 6.45) is 1.62. The van der Waals surface area contributed by atoms with E-state index in [2.05, 4.69) is 10.3 Å². The van der Waals surface area contributed by atoms with Crippen molar-refractivity contribution in [1.82, 2.24) is 10.3 Å². The summed E-state index contributed by atoms with van der Waals surface area (Å²) < 4.78 is 13.6. The predicted molar refractivity (Wildman–Crippen MR) is 132 cm³/mol. The van der Waals surface area contributed by atoms with Crippen molar-refractivity contribution in [2.45, 2.75) is 18.0 Å². The zero-order valence-corrected chi connectivity index (χ0v) is 19.4. The minimum Gasteiger partial charge on any atom is -0.508 e. The van der Waals surface area contributed by atoms with Crippen LogP contribution in [0.5, 0.6) is 5.75 Å². The smallest absolute Gasteiger partial charge is 0.325 e. The standard InChI is InChI=1S/C28H22FN3O5/c29-16-9-11-17(12-10-16)32-25(34)22-23(26(32)35)28(27(36)37,31-24(22)19-6-2-4-8-21(19)33)13-15-14-30-20-7-3-1-5-18(15)20/h1-12,14,22-24,30-31,33H,13H2,(H,36,37)/t22-,23+,24+,28-/m0/s1. The quantitative estimate of drug-likeness (QED) is 0.312. The number of aliphatic carboxylic acids is 1. The van der Waals surface area contributed by atoms with E-state index in [1.807, 2.05) is 24.3 Å². The number of phenols is 1. The molecule has 4 N–H and O–H groups in total. The van der Waals surface area contributed by atoms with E-state index in [4.69, 9.17) is 0 Å². The second-order valence-electron chi connectivity index (χ2n) is 9.49. The third-order valence-electron chi connectivity index (χ3n) is 7.54. The third kappa shape index (κ3) is 3.35. The van der Waals surface area contributed by atoms with Crippen molar-refractivity contribution in [2.24, 2.45) is 11.8 Å². The molecule has 0 aliphatic carbocycles. The molecular weight excluding hydrogens is 477 g/mol. The topological polar surface area (TPSA) is 123 Å². The fraction of sp³-hybridized carbons (Fsp3) is 0.179. The molecule has 3 heterocycles. The van der Waals surface area contributed by atoms with E-state index in [-0.39, 0.29) is 17.9 Å². The highest BCUT2D eigenvalue weighted by Gasteiger charge is 2.69. The van der Waals surface area contributed by atoms with Crippen LogP contribution in [0.2, 0.25) is 0 Å². The van der Waals surface area contributed by atoms with Crippen LogP contribution in [0.15, 0.2) is 79.0 Å². The molecule has 4 aromatic rings.